The Kier molecular flexibility index (Phi) is 6.34. The lowest BCUT2D eigenvalue weighted by Gasteiger charge is -2.29. The summed E-state index contributed by atoms with van der Waals surface area (Å²) in [4.78, 5) is 0. The van der Waals surface area contributed by atoms with Crippen molar-refractivity contribution in [1.82, 2.24) is 0 Å². The highest BCUT2D eigenvalue weighted by atomic mass is 35.5. The second-order valence-electron chi connectivity index (χ2n) is 5.89. The van der Waals surface area contributed by atoms with Crippen LogP contribution < -0.4 is 10.5 Å². The molecule has 21 heavy (non-hydrogen) atoms. The number of nitrogens with two attached hydrogens (primary N) is 1. The van der Waals surface area contributed by atoms with E-state index in [2.05, 4.69) is 6.92 Å². The predicted octanol–water partition coefficient (Wildman–Crippen LogP) is 3.96. The Balaban J connectivity index is 2.07. The molecular formula is C17H26ClNO2. The number of rotatable bonds is 6. The lowest BCUT2D eigenvalue weighted by Crippen LogP contribution is -2.30. The third kappa shape index (κ3) is 4.87. The van der Waals surface area contributed by atoms with Crippen molar-refractivity contribution in [2.45, 2.75) is 63.7 Å². The van der Waals surface area contributed by atoms with Gasteiger partial charge in [-0.05, 0) is 55.9 Å². The van der Waals surface area contributed by atoms with Gasteiger partial charge >= 0.3 is 0 Å². The van der Waals surface area contributed by atoms with E-state index in [0.29, 0.717) is 6.10 Å². The third-order valence-corrected chi connectivity index (χ3v) is 4.47. The molecule has 1 saturated carbocycles. The molecule has 118 valence electrons. The van der Waals surface area contributed by atoms with Crippen LogP contribution in [0.4, 0.5) is 0 Å². The number of methoxy groups -OCH3 is 1. The molecule has 3 nitrogen and oxygen atoms in total. The van der Waals surface area contributed by atoms with E-state index in [9.17, 15) is 0 Å². The molecule has 2 N–H and O–H groups in total. The molecule has 1 aromatic carbocycles. The van der Waals surface area contributed by atoms with E-state index in [4.69, 9.17) is 26.8 Å². The van der Waals surface area contributed by atoms with Gasteiger partial charge in [-0.25, -0.2) is 0 Å². The zero-order valence-corrected chi connectivity index (χ0v) is 13.7. The zero-order valence-electron chi connectivity index (χ0n) is 13.0. The minimum atomic E-state index is 0.142. The maximum atomic E-state index is 6.22. The van der Waals surface area contributed by atoms with E-state index in [0.717, 1.165) is 54.9 Å². The summed E-state index contributed by atoms with van der Waals surface area (Å²) in [6, 6.07) is 5.97. The molecule has 0 amide bonds. The van der Waals surface area contributed by atoms with Gasteiger partial charge in [-0.15, -0.1) is 0 Å². The first-order valence-corrected chi connectivity index (χ1v) is 8.23. The van der Waals surface area contributed by atoms with Crippen LogP contribution in [0.2, 0.25) is 5.02 Å². The Morgan fingerprint density at radius 2 is 2.10 bits per heavy atom. The van der Waals surface area contributed by atoms with Crippen LogP contribution in [0.1, 0.15) is 44.6 Å². The van der Waals surface area contributed by atoms with E-state index in [1.807, 2.05) is 18.2 Å². The number of halogens is 1. The van der Waals surface area contributed by atoms with E-state index in [-0.39, 0.29) is 12.1 Å². The van der Waals surface area contributed by atoms with Gasteiger partial charge in [0.05, 0.1) is 6.10 Å². The fraction of sp³-hybridized carbons (Fsp3) is 0.647. The molecule has 1 fully saturated rings. The van der Waals surface area contributed by atoms with Crippen LogP contribution in [0.25, 0.3) is 0 Å². The Bertz CT molecular complexity index is 452. The van der Waals surface area contributed by atoms with Crippen molar-refractivity contribution in [1.29, 1.82) is 0 Å². The normalized spacial score (nSPS) is 23.8. The maximum Gasteiger partial charge on any atom is 0.123 e. The molecule has 1 aromatic rings. The van der Waals surface area contributed by atoms with Gasteiger partial charge in [0.1, 0.15) is 11.9 Å². The summed E-state index contributed by atoms with van der Waals surface area (Å²) >= 11 is 6.12. The predicted molar refractivity (Wildman–Crippen MR) is 87.1 cm³/mol. The highest BCUT2D eigenvalue weighted by Crippen LogP contribution is 2.29. The largest absolute Gasteiger partial charge is 0.490 e. The molecule has 4 heteroatoms. The standard InChI is InChI=1S/C17H26ClNO2/c1-3-14(19)10-12-9-13(18)7-8-17(12)21-16-6-4-5-15(11-16)20-2/h7-9,14-16H,3-6,10-11,19H2,1-2H3. The summed E-state index contributed by atoms with van der Waals surface area (Å²) in [5.41, 5.74) is 7.19. The molecule has 3 atom stereocenters. The van der Waals surface area contributed by atoms with Crippen molar-refractivity contribution in [3.8, 4) is 5.75 Å². The lowest BCUT2D eigenvalue weighted by molar-refractivity contribution is 0.0206. The summed E-state index contributed by atoms with van der Waals surface area (Å²) in [7, 11) is 1.78. The first kappa shape index (κ1) is 16.6. The molecule has 0 spiro atoms. The Morgan fingerprint density at radius 3 is 2.81 bits per heavy atom. The van der Waals surface area contributed by atoms with Gasteiger partial charge in [0.15, 0.2) is 0 Å². The van der Waals surface area contributed by atoms with Crippen LogP contribution in [-0.4, -0.2) is 25.4 Å². The molecule has 1 aliphatic carbocycles. The first-order chi connectivity index (χ1) is 10.1. The SMILES string of the molecule is CCC(N)Cc1cc(Cl)ccc1OC1CCCC(OC)C1. The van der Waals surface area contributed by atoms with Crippen LogP contribution in [0.15, 0.2) is 18.2 Å². The molecule has 0 saturated heterocycles. The van der Waals surface area contributed by atoms with Gasteiger partial charge in [0.25, 0.3) is 0 Å². The molecular weight excluding hydrogens is 286 g/mol. The average Bonchev–Trinajstić information content (AvgIpc) is 2.50. The van der Waals surface area contributed by atoms with Crippen LogP contribution in [-0.2, 0) is 11.2 Å². The fourth-order valence-corrected chi connectivity index (χ4v) is 3.05. The first-order valence-electron chi connectivity index (χ1n) is 7.85. The number of hydrogen-bond acceptors (Lipinski definition) is 3. The van der Waals surface area contributed by atoms with Gasteiger partial charge < -0.3 is 15.2 Å². The third-order valence-electron chi connectivity index (χ3n) is 4.23. The van der Waals surface area contributed by atoms with Gasteiger partial charge in [-0.2, -0.15) is 0 Å². The molecule has 2 rings (SSSR count). The Morgan fingerprint density at radius 1 is 1.33 bits per heavy atom. The summed E-state index contributed by atoms with van der Waals surface area (Å²) in [5, 5.41) is 0.735. The van der Waals surface area contributed by atoms with E-state index in [1.54, 1.807) is 7.11 Å². The molecule has 0 heterocycles. The van der Waals surface area contributed by atoms with E-state index < -0.39 is 0 Å². The second kappa shape index (κ2) is 8.02. The van der Waals surface area contributed by atoms with Crippen LogP contribution in [0.3, 0.4) is 0 Å². The average molecular weight is 312 g/mol. The maximum absolute atomic E-state index is 6.22. The van der Waals surface area contributed by atoms with Crippen LogP contribution >= 0.6 is 11.6 Å². The van der Waals surface area contributed by atoms with Crippen molar-refractivity contribution in [3.05, 3.63) is 28.8 Å². The topological polar surface area (TPSA) is 44.5 Å². The molecule has 0 aliphatic heterocycles. The summed E-state index contributed by atoms with van der Waals surface area (Å²) in [5.74, 6) is 0.921. The monoisotopic (exact) mass is 311 g/mol. The van der Waals surface area contributed by atoms with E-state index in [1.165, 1.54) is 0 Å². The number of hydrogen-bond donors (Lipinski definition) is 1. The van der Waals surface area contributed by atoms with Gasteiger partial charge in [-0.1, -0.05) is 18.5 Å². The fourth-order valence-electron chi connectivity index (χ4n) is 2.85. The zero-order chi connectivity index (χ0) is 15.2. The van der Waals surface area contributed by atoms with Gasteiger partial charge in [0, 0.05) is 24.6 Å². The minimum absolute atomic E-state index is 0.142. The molecule has 0 aromatic heterocycles. The van der Waals surface area contributed by atoms with Crippen molar-refractivity contribution >= 4 is 11.6 Å². The number of ether oxygens (including phenoxy) is 2. The van der Waals surface area contributed by atoms with Crippen LogP contribution in [0, 0.1) is 0 Å². The van der Waals surface area contributed by atoms with Crippen molar-refractivity contribution in [2.75, 3.05) is 7.11 Å². The van der Waals surface area contributed by atoms with Crippen molar-refractivity contribution in [3.63, 3.8) is 0 Å². The number of benzene rings is 1. The Labute approximate surface area is 132 Å². The molecule has 0 radical (unpaired) electrons. The lowest BCUT2D eigenvalue weighted by atomic mass is 9.94. The molecule has 0 bridgehead atoms. The highest BCUT2D eigenvalue weighted by molar-refractivity contribution is 6.30. The summed E-state index contributed by atoms with van der Waals surface area (Å²) in [6.45, 7) is 2.10. The van der Waals surface area contributed by atoms with Crippen molar-refractivity contribution < 1.29 is 9.47 Å². The van der Waals surface area contributed by atoms with E-state index >= 15 is 0 Å². The van der Waals surface area contributed by atoms with Crippen LogP contribution in [0.5, 0.6) is 5.75 Å². The van der Waals surface area contributed by atoms with Crippen molar-refractivity contribution in [2.24, 2.45) is 5.73 Å². The quantitative estimate of drug-likeness (QED) is 0.865. The second-order valence-corrected chi connectivity index (χ2v) is 6.33. The molecule has 1 aliphatic rings. The van der Waals surface area contributed by atoms with Gasteiger partial charge in [-0.3, -0.25) is 0 Å². The minimum Gasteiger partial charge on any atom is -0.490 e. The van der Waals surface area contributed by atoms with Gasteiger partial charge in [0.2, 0.25) is 0 Å². The summed E-state index contributed by atoms with van der Waals surface area (Å²) in [6.07, 6.45) is 6.61. The Hall–Kier alpha value is -0.770. The summed E-state index contributed by atoms with van der Waals surface area (Å²) < 4.78 is 11.7. The highest BCUT2D eigenvalue weighted by Gasteiger charge is 2.24. The smallest absolute Gasteiger partial charge is 0.123 e. The molecule has 3 unspecified atom stereocenters.